The van der Waals surface area contributed by atoms with Crippen molar-refractivity contribution in [2.45, 2.75) is 38.6 Å². The van der Waals surface area contributed by atoms with Crippen LogP contribution < -0.4 is 11.1 Å². The zero-order valence-electron chi connectivity index (χ0n) is 9.67. The second kappa shape index (κ2) is 4.96. The highest BCUT2D eigenvalue weighted by Crippen LogP contribution is 2.31. The topological polar surface area (TPSA) is 38.0 Å². The molecule has 1 aromatic rings. The Kier molecular flexibility index (Phi) is 3.59. The minimum absolute atomic E-state index is 0.489. The van der Waals surface area contributed by atoms with E-state index in [2.05, 4.69) is 12.2 Å². The molecule has 16 heavy (non-hydrogen) atoms. The van der Waals surface area contributed by atoms with E-state index in [9.17, 15) is 0 Å². The van der Waals surface area contributed by atoms with Crippen molar-refractivity contribution in [2.24, 2.45) is 5.92 Å². The lowest BCUT2D eigenvalue weighted by atomic mass is 9.99. The number of hydrogen-bond acceptors (Lipinski definition) is 2. The van der Waals surface area contributed by atoms with E-state index in [4.69, 9.17) is 17.3 Å². The van der Waals surface area contributed by atoms with E-state index in [0.29, 0.717) is 16.8 Å². The predicted octanol–water partition coefficient (Wildman–Crippen LogP) is 3.91. The monoisotopic (exact) mass is 238 g/mol. The summed E-state index contributed by atoms with van der Waals surface area (Å²) in [6.45, 7) is 2.24. The van der Waals surface area contributed by atoms with Crippen LogP contribution in [0, 0.1) is 5.92 Å². The van der Waals surface area contributed by atoms with Gasteiger partial charge in [-0.3, -0.25) is 0 Å². The highest BCUT2D eigenvalue weighted by molar-refractivity contribution is 6.33. The second-order valence-corrected chi connectivity index (χ2v) is 5.12. The van der Waals surface area contributed by atoms with Crippen molar-refractivity contribution < 1.29 is 0 Å². The van der Waals surface area contributed by atoms with Crippen LogP contribution >= 0.6 is 11.6 Å². The van der Waals surface area contributed by atoms with Gasteiger partial charge in [0.2, 0.25) is 0 Å². The first-order chi connectivity index (χ1) is 7.66. The lowest BCUT2D eigenvalue weighted by Gasteiger charge is -2.22. The fourth-order valence-corrected chi connectivity index (χ4v) is 2.71. The van der Waals surface area contributed by atoms with E-state index in [0.717, 1.165) is 11.6 Å². The number of nitrogen functional groups attached to an aromatic ring is 1. The van der Waals surface area contributed by atoms with E-state index >= 15 is 0 Å². The summed E-state index contributed by atoms with van der Waals surface area (Å²) in [5, 5.41) is 4.20. The number of rotatable bonds is 3. The molecule has 1 atom stereocenters. The summed E-state index contributed by atoms with van der Waals surface area (Å²) in [7, 11) is 0. The first kappa shape index (κ1) is 11.6. The number of nitrogens with one attached hydrogen (secondary N) is 1. The fourth-order valence-electron chi connectivity index (χ4n) is 2.47. The number of nitrogens with two attached hydrogens (primary N) is 1. The van der Waals surface area contributed by atoms with E-state index < -0.39 is 0 Å². The molecule has 3 heteroatoms. The van der Waals surface area contributed by atoms with Gasteiger partial charge in [0.05, 0.1) is 10.7 Å². The Morgan fingerprint density at radius 1 is 1.38 bits per heavy atom. The molecule has 2 nitrogen and oxygen atoms in total. The van der Waals surface area contributed by atoms with Gasteiger partial charge >= 0.3 is 0 Å². The summed E-state index contributed by atoms with van der Waals surface area (Å²) in [4.78, 5) is 0. The zero-order valence-corrected chi connectivity index (χ0v) is 10.4. The van der Waals surface area contributed by atoms with Crippen LogP contribution in [0.3, 0.4) is 0 Å². The molecule has 1 aromatic carbocycles. The molecule has 0 saturated heterocycles. The molecule has 0 bridgehead atoms. The summed E-state index contributed by atoms with van der Waals surface area (Å²) in [5.41, 5.74) is 7.38. The van der Waals surface area contributed by atoms with Crippen LogP contribution in [0.25, 0.3) is 0 Å². The van der Waals surface area contributed by atoms with E-state index in [1.807, 2.05) is 12.1 Å². The van der Waals surface area contributed by atoms with Crippen LogP contribution in [0.2, 0.25) is 5.02 Å². The zero-order chi connectivity index (χ0) is 11.5. The molecular formula is C13H19ClN2. The summed E-state index contributed by atoms with van der Waals surface area (Å²) in [5.74, 6) is 0.786. The molecule has 0 amide bonds. The summed E-state index contributed by atoms with van der Waals surface area (Å²) in [6.07, 6.45) is 5.40. The van der Waals surface area contributed by atoms with Crippen molar-refractivity contribution >= 4 is 23.0 Å². The van der Waals surface area contributed by atoms with Crippen molar-refractivity contribution in [3.8, 4) is 0 Å². The molecule has 0 aromatic heterocycles. The van der Waals surface area contributed by atoms with Crippen LogP contribution in [-0.2, 0) is 0 Å². The Morgan fingerprint density at radius 3 is 2.69 bits per heavy atom. The number of benzene rings is 1. The van der Waals surface area contributed by atoms with Gasteiger partial charge in [-0.1, -0.05) is 24.4 Å². The Labute approximate surface area is 102 Å². The third kappa shape index (κ3) is 2.62. The highest BCUT2D eigenvalue weighted by atomic mass is 35.5. The predicted molar refractivity (Wildman–Crippen MR) is 70.9 cm³/mol. The van der Waals surface area contributed by atoms with Crippen molar-refractivity contribution in [1.29, 1.82) is 0 Å². The quantitative estimate of drug-likeness (QED) is 0.784. The second-order valence-electron chi connectivity index (χ2n) is 4.72. The maximum absolute atomic E-state index is 6.14. The Balaban J connectivity index is 2.02. The van der Waals surface area contributed by atoms with Crippen LogP contribution in [0.4, 0.5) is 11.4 Å². The van der Waals surface area contributed by atoms with Gasteiger partial charge in [0.15, 0.2) is 0 Å². The molecule has 1 aliphatic carbocycles. The SMILES string of the molecule is CC(Nc1ccc(N)cc1Cl)C1CCCC1. The Bertz CT molecular complexity index is 359. The summed E-state index contributed by atoms with van der Waals surface area (Å²) in [6, 6.07) is 6.13. The summed E-state index contributed by atoms with van der Waals surface area (Å²) < 4.78 is 0. The molecule has 0 aliphatic heterocycles. The van der Waals surface area contributed by atoms with E-state index in [1.165, 1.54) is 25.7 Å². The third-order valence-electron chi connectivity index (χ3n) is 3.48. The molecule has 1 fully saturated rings. The molecule has 0 radical (unpaired) electrons. The molecule has 2 rings (SSSR count). The van der Waals surface area contributed by atoms with Gasteiger partial charge in [0.25, 0.3) is 0 Å². The van der Waals surface area contributed by atoms with Gasteiger partial charge in [0, 0.05) is 11.7 Å². The van der Waals surface area contributed by atoms with Crippen LogP contribution in [0.5, 0.6) is 0 Å². The lowest BCUT2D eigenvalue weighted by Crippen LogP contribution is -2.23. The van der Waals surface area contributed by atoms with Gasteiger partial charge in [-0.15, -0.1) is 0 Å². The maximum Gasteiger partial charge on any atom is 0.0658 e. The normalized spacial score (nSPS) is 18.6. The van der Waals surface area contributed by atoms with Crippen LogP contribution in [0.15, 0.2) is 18.2 Å². The van der Waals surface area contributed by atoms with Crippen molar-refractivity contribution in [3.05, 3.63) is 23.2 Å². The first-order valence-corrected chi connectivity index (χ1v) is 6.36. The smallest absolute Gasteiger partial charge is 0.0658 e. The molecule has 88 valence electrons. The molecule has 0 heterocycles. The Hall–Kier alpha value is -0.890. The number of hydrogen-bond donors (Lipinski definition) is 2. The van der Waals surface area contributed by atoms with Crippen molar-refractivity contribution in [2.75, 3.05) is 11.1 Å². The maximum atomic E-state index is 6.14. The molecule has 1 saturated carbocycles. The van der Waals surface area contributed by atoms with Crippen molar-refractivity contribution in [3.63, 3.8) is 0 Å². The van der Waals surface area contributed by atoms with Gasteiger partial charge in [0.1, 0.15) is 0 Å². The molecule has 1 unspecified atom stereocenters. The van der Waals surface area contributed by atoms with E-state index in [1.54, 1.807) is 6.07 Å². The van der Waals surface area contributed by atoms with Crippen LogP contribution in [-0.4, -0.2) is 6.04 Å². The molecule has 0 spiro atoms. The molecule has 3 N–H and O–H groups in total. The largest absolute Gasteiger partial charge is 0.399 e. The van der Waals surface area contributed by atoms with Gasteiger partial charge in [-0.25, -0.2) is 0 Å². The highest BCUT2D eigenvalue weighted by Gasteiger charge is 2.21. The minimum Gasteiger partial charge on any atom is -0.399 e. The van der Waals surface area contributed by atoms with Gasteiger partial charge in [-0.2, -0.15) is 0 Å². The van der Waals surface area contributed by atoms with E-state index in [-0.39, 0.29) is 0 Å². The number of anilines is 2. The average Bonchev–Trinajstić information content (AvgIpc) is 2.75. The van der Waals surface area contributed by atoms with Gasteiger partial charge < -0.3 is 11.1 Å². The molecule has 1 aliphatic rings. The molecular weight excluding hydrogens is 220 g/mol. The minimum atomic E-state index is 0.489. The van der Waals surface area contributed by atoms with Crippen LogP contribution in [0.1, 0.15) is 32.6 Å². The standard InChI is InChI=1S/C13H19ClN2/c1-9(10-4-2-3-5-10)16-13-7-6-11(15)8-12(13)14/h6-10,16H,2-5,15H2,1H3. The average molecular weight is 239 g/mol. The lowest BCUT2D eigenvalue weighted by molar-refractivity contribution is 0.482. The summed E-state index contributed by atoms with van der Waals surface area (Å²) >= 11 is 6.14. The third-order valence-corrected chi connectivity index (χ3v) is 3.80. The number of halogens is 1. The first-order valence-electron chi connectivity index (χ1n) is 5.98. The Morgan fingerprint density at radius 2 is 2.06 bits per heavy atom. The van der Waals surface area contributed by atoms with Gasteiger partial charge in [-0.05, 0) is 43.9 Å². The fraction of sp³-hybridized carbons (Fsp3) is 0.538. The van der Waals surface area contributed by atoms with Crippen molar-refractivity contribution in [1.82, 2.24) is 0 Å².